The number of nitrogens with one attached hydrogen (secondary N) is 2. The molecular formula is C20H32IN5O3. The first-order chi connectivity index (χ1) is 13.8. The summed E-state index contributed by atoms with van der Waals surface area (Å²) in [6, 6.07) is 7.63. The summed E-state index contributed by atoms with van der Waals surface area (Å²) >= 11 is 0. The molecular weight excluding hydrogens is 485 g/mol. The third kappa shape index (κ3) is 9.44. The molecule has 162 valence electrons. The largest absolute Gasteiger partial charge is 0.497 e. The molecule has 1 aromatic heterocycles. The maximum absolute atomic E-state index is 5.35. The standard InChI is InChI=1S/C20H31N5O3.HI/c1-21-20(23-14-7-15-26-2)22-13-6-4-5-8-18-24-19(25-28-18)16-9-11-17(27-3)12-10-16;/h9-12H,4-8,13-15H2,1-3H3,(H2,21,22,23);1H. The molecule has 0 spiro atoms. The topological polar surface area (TPSA) is 93.8 Å². The van der Waals surface area contributed by atoms with Crippen LogP contribution in [0.15, 0.2) is 33.8 Å². The Balaban J connectivity index is 0.00000420. The number of aliphatic imine (C=N–C) groups is 1. The normalized spacial score (nSPS) is 11.1. The van der Waals surface area contributed by atoms with Gasteiger partial charge >= 0.3 is 0 Å². The van der Waals surface area contributed by atoms with E-state index < -0.39 is 0 Å². The lowest BCUT2D eigenvalue weighted by Crippen LogP contribution is -2.38. The predicted molar refractivity (Wildman–Crippen MR) is 125 cm³/mol. The Morgan fingerprint density at radius 2 is 1.76 bits per heavy atom. The van der Waals surface area contributed by atoms with Gasteiger partial charge in [-0.1, -0.05) is 11.6 Å². The third-order valence-corrected chi connectivity index (χ3v) is 4.22. The van der Waals surface area contributed by atoms with Crippen molar-refractivity contribution in [3.8, 4) is 17.1 Å². The smallest absolute Gasteiger partial charge is 0.226 e. The molecule has 2 rings (SSSR count). The molecule has 29 heavy (non-hydrogen) atoms. The first-order valence-electron chi connectivity index (χ1n) is 9.67. The summed E-state index contributed by atoms with van der Waals surface area (Å²) in [4.78, 5) is 8.68. The Hall–Kier alpha value is -1.88. The zero-order valence-electron chi connectivity index (χ0n) is 17.4. The van der Waals surface area contributed by atoms with Crippen LogP contribution in [0, 0.1) is 0 Å². The van der Waals surface area contributed by atoms with Gasteiger partial charge in [0.25, 0.3) is 0 Å². The number of nitrogens with zero attached hydrogens (tertiary/aromatic N) is 3. The lowest BCUT2D eigenvalue weighted by molar-refractivity contribution is 0.195. The number of hydrogen-bond acceptors (Lipinski definition) is 6. The fourth-order valence-corrected chi connectivity index (χ4v) is 2.64. The highest BCUT2D eigenvalue weighted by Crippen LogP contribution is 2.20. The van der Waals surface area contributed by atoms with Crippen LogP contribution in [0.4, 0.5) is 0 Å². The number of benzene rings is 1. The molecule has 0 aliphatic heterocycles. The van der Waals surface area contributed by atoms with Gasteiger partial charge in [-0.05, 0) is 43.5 Å². The van der Waals surface area contributed by atoms with E-state index in [1.165, 1.54) is 0 Å². The highest BCUT2D eigenvalue weighted by molar-refractivity contribution is 14.0. The van der Waals surface area contributed by atoms with Crippen LogP contribution in [0.1, 0.15) is 31.6 Å². The van der Waals surface area contributed by atoms with E-state index in [9.17, 15) is 0 Å². The van der Waals surface area contributed by atoms with Gasteiger partial charge in [0.2, 0.25) is 11.7 Å². The predicted octanol–water partition coefficient (Wildman–Crippen LogP) is 3.28. The summed E-state index contributed by atoms with van der Waals surface area (Å²) in [5.41, 5.74) is 0.921. The number of hydrogen-bond donors (Lipinski definition) is 2. The van der Waals surface area contributed by atoms with E-state index in [1.807, 2.05) is 24.3 Å². The number of aryl methyl sites for hydroxylation is 1. The zero-order chi connectivity index (χ0) is 20.0. The lowest BCUT2D eigenvalue weighted by Gasteiger charge is -2.11. The molecule has 9 heteroatoms. The number of guanidine groups is 1. The minimum absolute atomic E-state index is 0. The Kier molecular flexibility index (Phi) is 13.0. The van der Waals surface area contributed by atoms with Crippen molar-refractivity contribution in [1.29, 1.82) is 0 Å². The Labute approximate surface area is 189 Å². The van der Waals surface area contributed by atoms with Gasteiger partial charge in [0.1, 0.15) is 5.75 Å². The molecule has 0 fully saturated rings. The maximum Gasteiger partial charge on any atom is 0.226 e. The van der Waals surface area contributed by atoms with E-state index in [0.717, 1.165) is 69.1 Å². The number of aromatic nitrogens is 2. The summed E-state index contributed by atoms with van der Waals surface area (Å²) in [6.45, 7) is 2.48. The first-order valence-corrected chi connectivity index (χ1v) is 9.67. The van der Waals surface area contributed by atoms with Crippen molar-refractivity contribution >= 4 is 29.9 Å². The summed E-state index contributed by atoms with van der Waals surface area (Å²) < 4.78 is 15.5. The van der Waals surface area contributed by atoms with Gasteiger partial charge in [-0.15, -0.1) is 24.0 Å². The number of methoxy groups -OCH3 is 2. The quantitative estimate of drug-likeness (QED) is 0.193. The van der Waals surface area contributed by atoms with Gasteiger partial charge in [-0.2, -0.15) is 4.98 Å². The average Bonchev–Trinajstić information content (AvgIpc) is 3.21. The van der Waals surface area contributed by atoms with Crippen molar-refractivity contribution in [1.82, 2.24) is 20.8 Å². The maximum atomic E-state index is 5.35. The molecule has 0 amide bonds. The van der Waals surface area contributed by atoms with E-state index in [1.54, 1.807) is 21.3 Å². The molecule has 0 atom stereocenters. The number of ether oxygens (including phenoxy) is 2. The van der Waals surface area contributed by atoms with Gasteiger partial charge in [0.05, 0.1) is 7.11 Å². The summed E-state index contributed by atoms with van der Waals surface area (Å²) in [6.07, 6.45) is 4.88. The number of rotatable bonds is 12. The molecule has 2 N–H and O–H groups in total. The van der Waals surface area contributed by atoms with Crippen molar-refractivity contribution in [3.05, 3.63) is 30.2 Å². The van der Waals surface area contributed by atoms with E-state index in [4.69, 9.17) is 14.0 Å². The van der Waals surface area contributed by atoms with Crippen molar-refractivity contribution in [2.24, 2.45) is 4.99 Å². The van der Waals surface area contributed by atoms with Gasteiger partial charge in [0, 0.05) is 45.8 Å². The van der Waals surface area contributed by atoms with Crippen LogP contribution >= 0.6 is 24.0 Å². The van der Waals surface area contributed by atoms with Crippen LogP contribution in [0.5, 0.6) is 5.75 Å². The second-order valence-electron chi connectivity index (χ2n) is 6.32. The fourth-order valence-electron chi connectivity index (χ4n) is 2.64. The summed E-state index contributed by atoms with van der Waals surface area (Å²) in [7, 11) is 5.13. The van der Waals surface area contributed by atoms with Crippen LogP contribution in [-0.2, 0) is 11.2 Å². The minimum Gasteiger partial charge on any atom is -0.497 e. The van der Waals surface area contributed by atoms with Gasteiger partial charge in [-0.3, -0.25) is 4.99 Å². The molecule has 0 bridgehead atoms. The molecule has 0 saturated carbocycles. The van der Waals surface area contributed by atoms with Crippen LogP contribution < -0.4 is 15.4 Å². The van der Waals surface area contributed by atoms with Gasteiger partial charge in [-0.25, -0.2) is 0 Å². The van der Waals surface area contributed by atoms with E-state index in [2.05, 4.69) is 25.8 Å². The molecule has 0 unspecified atom stereocenters. The number of unbranched alkanes of at least 4 members (excludes halogenated alkanes) is 2. The highest BCUT2D eigenvalue weighted by Gasteiger charge is 2.08. The van der Waals surface area contributed by atoms with Crippen LogP contribution in [0.3, 0.4) is 0 Å². The Morgan fingerprint density at radius 1 is 1.03 bits per heavy atom. The SMILES string of the molecule is CN=C(NCCCCCc1nc(-c2ccc(OC)cc2)no1)NCCCOC.I. The molecule has 0 saturated heterocycles. The molecule has 1 heterocycles. The van der Waals surface area contributed by atoms with Crippen molar-refractivity contribution in [2.45, 2.75) is 32.1 Å². The average molecular weight is 517 g/mol. The van der Waals surface area contributed by atoms with Gasteiger partial charge < -0.3 is 24.6 Å². The second-order valence-corrected chi connectivity index (χ2v) is 6.32. The van der Waals surface area contributed by atoms with E-state index in [0.29, 0.717) is 11.7 Å². The molecule has 0 aliphatic carbocycles. The lowest BCUT2D eigenvalue weighted by atomic mass is 10.2. The minimum atomic E-state index is 0. The van der Waals surface area contributed by atoms with Crippen molar-refractivity contribution < 1.29 is 14.0 Å². The van der Waals surface area contributed by atoms with E-state index >= 15 is 0 Å². The second kappa shape index (κ2) is 15.0. The zero-order valence-corrected chi connectivity index (χ0v) is 19.8. The monoisotopic (exact) mass is 517 g/mol. The van der Waals surface area contributed by atoms with Crippen molar-refractivity contribution in [2.75, 3.05) is 41.0 Å². The van der Waals surface area contributed by atoms with Crippen molar-refractivity contribution in [3.63, 3.8) is 0 Å². The molecule has 0 aliphatic rings. The summed E-state index contributed by atoms with van der Waals surface area (Å²) in [5, 5.41) is 10.6. The van der Waals surface area contributed by atoms with E-state index in [-0.39, 0.29) is 24.0 Å². The number of halogens is 1. The van der Waals surface area contributed by atoms with Crippen LogP contribution in [0.2, 0.25) is 0 Å². The summed E-state index contributed by atoms with van der Waals surface area (Å²) in [5.74, 6) is 2.93. The van der Waals surface area contributed by atoms with Crippen LogP contribution in [0.25, 0.3) is 11.4 Å². The van der Waals surface area contributed by atoms with Crippen LogP contribution in [-0.4, -0.2) is 57.1 Å². The molecule has 0 radical (unpaired) electrons. The highest BCUT2D eigenvalue weighted by atomic mass is 127. The Morgan fingerprint density at radius 3 is 2.41 bits per heavy atom. The van der Waals surface area contributed by atoms with Gasteiger partial charge in [0.15, 0.2) is 5.96 Å². The molecule has 1 aromatic carbocycles. The molecule has 2 aromatic rings. The Bertz CT molecular complexity index is 706. The fraction of sp³-hybridized carbons (Fsp3) is 0.550. The third-order valence-electron chi connectivity index (χ3n) is 4.22. The first kappa shape index (κ1) is 25.2. The molecule has 8 nitrogen and oxygen atoms in total.